The van der Waals surface area contributed by atoms with Crippen molar-refractivity contribution in [1.29, 1.82) is 0 Å². The number of methoxy groups -OCH3 is 1. The molecule has 1 saturated heterocycles. The number of amides is 1. The van der Waals surface area contributed by atoms with Crippen LogP contribution in [0, 0.1) is 0 Å². The van der Waals surface area contributed by atoms with Gasteiger partial charge < -0.3 is 15.0 Å². The Morgan fingerprint density at radius 3 is 2.88 bits per heavy atom. The predicted octanol–water partition coefficient (Wildman–Crippen LogP) is 4.55. The standard InChI is InChI=1S/C25H32ClN3O2S/c1-31-23-7-3-2-6-22(23)29-14-12-28(13-15-29)11-5-4-10-27-25(30)20-16-19-17-21(26)8-9-24(19)32-18-20/h2,6,8-9,16-17H,3-5,7,10-15,18H2,1H3,(H,27,30). The molecule has 0 saturated carbocycles. The van der Waals surface area contributed by atoms with E-state index in [0.717, 1.165) is 81.8 Å². The highest BCUT2D eigenvalue weighted by Crippen LogP contribution is 2.33. The first-order valence-electron chi connectivity index (χ1n) is 11.5. The summed E-state index contributed by atoms with van der Waals surface area (Å²) in [5, 5.41) is 3.79. The van der Waals surface area contributed by atoms with E-state index in [-0.39, 0.29) is 5.91 Å². The Morgan fingerprint density at radius 1 is 1.22 bits per heavy atom. The number of thioether (sulfide) groups is 1. The average Bonchev–Trinajstić information content (AvgIpc) is 2.83. The normalized spacial score (nSPS) is 18.9. The minimum Gasteiger partial charge on any atom is -0.499 e. The van der Waals surface area contributed by atoms with Crippen molar-refractivity contribution in [3.63, 3.8) is 0 Å². The van der Waals surface area contributed by atoms with Crippen LogP contribution in [-0.2, 0) is 9.53 Å². The smallest absolute Gasteiger partial charge is 0.248 e. The summed E-state index contributed by atoms with van der Waals surface area (Å²) in [7, 11) is 1.78. The molecule has 0 radical (unpaired) electrons. The van der Waals surface area contributed by atoms with E-state index < -0.39 is 0 Å². The number of hydrogen-bond acceptors (Lipinski definition) is 5. The highest BCUT2D eigenvalue weighted by atomic mass is 35.5. The zero-order valence-electron chi connectivity index (χ0n) is 18.7. The number of nitrogens with one attached hydrogen (secondary N) is 1. The number of fused-ring (bicyclic) bond motifs is 1. The summed E-state index contributed by atoms with van der Waals surface area (Å²) in [4.78, 5) is 18.7. The molecule has 0 spiro atoms. The molecular weight excluding hydrogens is 442 g/mol. The van der Waals surface area contributed by atoms with Crippen molar-refractivity contribution in [2.45, 2.75) is 30.6 Å². The van der Waals surface area contributed by atoms with Gasteiger partial charge in [0.25, 0.3) is 0 Å². The van der Waals surface area contributed by atoms with Gasteiger partial charge in [0.1, 0.15) is 5.76 Å². The maximum Gasteiger partial charge on any atom is 0.248 e. The number of carbonyl (C=O) groups excluding carboxylic acids is 1. The number of benzene rings is 1. The molecule has 0 atom stereocenters. The fourth-order valence-corrected chi connectivity index (χ4v) is 5.54. The van der Waals surface area contributed by atoms with E-state index in [1.54, 1.807) is 18.9 Å². The minimum atomic E-state index is 0.0412. The molecule has 2 aliphatic heterocycles. The zero-order chi connectivity index (χ0) is 22.3. The van der Waals surface area contributed by atoms with Gasteiger partial charge in [0.05, 0.1) is 12.8 Å². The van der Waals surface area contributed by atoms with Crippen molar-refractivity contribution in [1.82, 2.24) is 15.1 Å². The molecule has 4 rings (SSSR count). The van der Waals surface area contributed by atoms with Crippen molar-refractivity contribution in [2.75, 3.05) is 52.1 Å². The lowest BCUT2D eigenvalue weighted by Gasteiger charge is -2.37. The highest BCUT2D eigenvalue weighted by Gasteiger charge is 2.21. The summed E-state index contributed by atoms with van der Waals surface area (Å²) in [6, 6.07) is 5.84. The first-order valence-corrected chi connectivity index (χ1v) is 12.8. The molecule has 0 bridgehead atoms. The molecule has 0 unspecified atom stereocenters. The second-order valence-corrected chi connectivity index (χ2v) is 9.84. The van der Waals surface area contributed by atoms with E-state index in [0.29, 0.717) is 10.8 Å². The topological polar surface area (TPSA) is 44.8 Å². The number of ether oxygens (including phenoxy) is 1. The van der Waals surface area contributed by atoms with Gasteiger partial charge >= 0.3 is 0 Å². The quantitative estimate of drug-likeness (QED) is 0.561. The molecule has 1 N–H and O–H groups in total. The fraction of sp³-hybridized carbons (Fsp3) is 0.480. The van der Waals surface area contributed by atoms with Gasteiger partial charge in [-0.25, -0.2) is 0 Å². The molecule has 1 amide bonds. The summed E-state index contributed by atoms with van der Waals surface area (Å²) in [5.41, 5.74) is 3.12. The van der Waals surface area contributed by atoms with Gasteiger partial charge in [0, 0.05) is 60.4 Å². The molecule has 7 heteroatoms. The Balaban J connectivity index is 1.14. The van der Waals surface area contributed by atoms with Crippen LogP contribution in [0.25, 0.3) is 6.08 Å². The molecule has 172 valence electrons. The van der Waals surface area contributed by atoms with Crippen LogP contribution >= 0.6 is 23.4 Å². The van der Waals surface area contributed by atoms with E-state index in [1.165, 1.54) is 10.6 Å². The molecule has 5 nitrogen and oxygen atoms in total. The third-order valence-electron chi connectivity index (χ3n) is 6.22. The van der Waals surface area contributed by atoms with Crippen LogP contribution in [-0.4, -0.2) is 67.8 Å². The molecule has 1 aliphatic carbocycles. The van der Waals surface area contributed by atoms with Gasteiger partial charge in [0.2, 0.25) is 5.91 Å². The van der Waals surface area contributed by atoms with Crippen LogP contribution in [0.4, 0.5) is 0 Å². The Bertz CT molecular complexity index is 920. The monoisotopic (exact) mass is 473 g/mol. The minimum absolute atomic E-state index is 0.0412. The number of allylic oxidation sites excluding steroid dienone is 3. The van der Waals surface area contributed by atoms with E-state index in [9.17, 15) is 4.79 Å². The molecule has 1 aromatic carbocycles. The second kappa shape index (κ2) is 11.3. The zero-order valence-corrected chi connectivity index (χ0v) is 20.3. The Hall–Kier alpha value is -1.89. The van der Waals surface area contributed by atoms with Gasteiger partial charge in [-0.3, -0.25) is 9.69 Å². The largest absolute Gasteiger partial charge is 0.499 e. The average molecular weight is 474 g/mol. The number of hydrogen-bond donors (Lipinski definition) is 1. The fourth-order valence-electron chi connectivity index (χ4n) is 4.39. The first-order chi connectivity index (χ1) is 15.6. The Morgan fingerprint density at radius 2 is 2.06 bits per heavy atom. The van der Waals surface area contributed by atoms with Gasteiger partial charge in [-0.2, -0.15) is 0 Å². The Labute approximate surface area is 200 Å². The maximum absolute atomic E-state index is 12.5. The van der Waals surface area contributed by atoms with Crippen LogP contribution < -0.4 is 5.32 Å². The molecule has 2 heterocycles. The Kier molecular flexibility index (Phi) is 8.22. The first kappa shape index (κ1) is 23.3. The van der Waals surface area contributed by atoms with E-state index in [2.05, 4.69) is 27.3 Å². The van der Waals surface area contributed by atoms with Crippen LogP contribution in [0.3, 0.4) is 0 Å². The number of unbranched alkanes of at least 4 members (excludes halogenated alkanes) is 1. The van der Waals surface area contributed by atoms with Crippen molar-refractivity contribution in [2.24, 2.45) is 0 Å². The predicted molar refractivity (Wildman–Crippen MR) is 133 cm³/mol. The molecule has 3 aliphatic rings. The van der Waals surface area contributed by atoms with Crippen molar-refractivity contribution in [3.05, 3.63) is 58.0 Å². The third kappa shape index (κ3) is 5.91. The van der Waals surface area contributed by atoms with Crippen molar-refractivity contribution in [3.8, 4) is 0 Å². The lowest BCUT2D eigenvalue weighted by atomic mass is 10.1. The molecule has 1 fully saturated rings. The summed E-state index contributed by atoms with van der Waals surface area (Å²) in [6.07, 6.45) is 10.6. The maximum atomic E-state index is 12.5. The molecule has 1 aromatic rings. The number of halogens is 1. The number of nitrogens with zero attached hydrogens (tertiary/aromatic N) is 2. The van der Waals surface area contributed by atoms with E-state index >= 15 is 0 Å². The van der Waals surface area contributed by atoms with E-state index in [4.69, 9.17) is 16.3 Å². The van der Waals surface area contributed by atoms with Crippen LogP contribution in [0.15, 0.2) is 52.3 Å². The summed E-state index contributed by atoms with van der Waals surface area (Å²) < 4.78 is 5.59. The van der Waals surface area contributed by atoms with Gasteiger partial charge in [-0.1, -0.05) is 17.7 Å². The van der Waals surface area contributed by atoms with Crippen molar-refractivity contribution < 1.29 is 9.53 Å². The second-order valence-electron chi connectivity index (χ2n) is 8.39. The van der Waals surface area contributed by atoms with Crippen LogP contribution in [0.5, 0.6) is 0 Å². The van der Waals surface area contributed by atoms with E-state index in [1.807, 2.05) is 24.3 Å². The highest BCUT2D eigenvalue weighted by molar-refractivity contribution is 7.99. The summed E-state index contributed by atoms with van der Waals surface area (Å²) >= 11 is 7.78. The molecule has 32 heavy (non-hydrogen) atoms. The lowest BCUT2D eigenvalue weighted by molar-refractivity contribution is -0.117. The van der Waals surface area contributed by atoms with Crippen LogP contribution in [0.1, 0.15) is 31.2 Å². The van der Waals surface area contributed by atoms with Gasteiger partial charge in [-0.05, 0) is 61.7 Å². The summed E-state index contributed by atoms with van der Waals surface area (Å²) in [5.74, 6) is 1.87. The lowest BCUT2D eigenvalue weighted by Crippen LogP contribution is -2.46. The van der Waals surface area contributed by atoms with Gasteiger partial charge in [-0.15, -0.1) is 11.8 Å². The summed E-state index contributed by atoms with van der Waals surface area (Å²) in [6.45, 7) is 6.04. The number of carbonyl (C=O) groups is 1. The van der Waals surface area contributed by atoms with Crippen molar-refractivity contribution >= 4 is 35.3 Å². The number of piperazine rings is 1. The molecule has 0 aromatic heterocycles. The third-order valence-corrected chi connectivity index (χ3v) is 7.60. The molecular formula is C25H32ClN3O2S. The van der Waals surface area contributed by atoms with Gasteiger partial charge in [0.15, 0.2) is 0 Å². The number of rotatable bonds is 8. The van der Waals surface area contributed by atoms with Crippen LogP contribution in [0.2, 0.25) is 5.02 Å². The SMILES string of the molecule is COC1=C(N2CCN(CCCCNC(=O)C3=Cc4cc(Cl)ccc4SC3)CC2)C=CCC1.